The van der Waals surface area contributed by atoms with E-state index in [-0.39, 0.29) is 11.3 Å². The van der Waals surface area contributed by atoms with Gasteiger partial charge in [-0.1, -0.05) is 20.8 Å². The van der Waals surface area contributed by atoms with Crippen LogP contribution in [0.5, 0.6) is 0 Å². The number of likely N-dealkylation sites (tertiary alicyclic amines) is 1. The smallest absolute Gasteiger partial charge is 0.225 e. The Balaban J connectivity index is 2.81. The first-order chi connectivity index (χ1) is 5.45. The number of carbonyl (C=O) groups is 1. The van der Waals surface area contributed by atoms with Gasteiger partial charge in [0.2, 0.25) is 5.91 Å². The summed E-state index contributed by atoms with van der Waals surface area (Å²) in [5.74, 6) is 0.475. The summed E-state index contributed by atoms with van der Waals surface area (Å²) >= 11 is 0. The molecule has 0 N–H and O–H groups in total. The molecule has 0 aromatic heterocycles. The molecule has 0 bridgehead atoms. The molecule has 0 aromatic carbocycles. The number of rotatable bonds is 0. The zero-order valence-electron chi connectivity index (χ0n) is 8.55. The summed E-state index contributed by atoms with van der Waals surface area (Å²) in [5, 5.41) is 0. The van der Waals surface area contributed by atoms with Crippen molar-refractivity contribution in [1.82, 2.24) is 4.90 Å². The van der Waals surface area contributed by atoms with Crippen molar-refractivity contribution < 1.29 is 4.79 Å². The first kappa shape index (κ1) is 9.56. The molecule has 0 aliphatic carbocycles. The third kappa shape index (κ3) is 1.62. The van der Waals surface area contributed by atoms with Crippen LogP contribution in [0.15, 0.2) is 0 Å². The van der Waals surface area contributed by atoms with E-state index in [1.165, 1.54) is 0 Å². The summed E-state index contributed by atoms with van der Waals surface area (Å²) in [4.78, 5) is 13.5. The Bertz CT molecular complexity index is 186. The maximum Gasteiger partial charge on any atom is 0.225 e. The molecule has 1 saturated heterocycles. The van der Waals surface area contributed by atoms with Crippen LogP contribution in [0.2, 0.25) is 0 Å². The predicted octanol–water partition coefficient (Wildman–Crippen LogP) is 1.90. The van der Waals surface area contributed by atoms with Gasteiger partial charge >= 0.3 is 0 Å². The normalized spacial score (nSPS) is 30.2. The van der Waals surface area contributed by atoms with E-state index in [9.17, 15) is 4.79 Å². The second kappa shape index (κ2) is 3.08. The van der Waals surface area contributed by atoms with E-state index in [4.69, 9.17) is 0 Å². The molecular formula is C10H19NO. The van der Waals surface area contributed by atoms with Crippen LogP contribution in [0, 0.1) is 11.3 Å². The van der Waals surface area contributed by atoms with Gasteiger partial charge in [-0.05, 0) is 18.3 Å². The number of amides is 1. The standard InChI is InChI=1S/C10H19NO/c1-8-9(12)11(4)7-5-6-10(8,2)3/h8H,5-7H2,1-4H3/t8-/m1/s1. The quantitative estimate of drug-likeness (QED) is 0.542. The molecule has 1 aliphatic rings. The minimum atomic E-state index is 0.171. The summed E-state index contributed by atoms with van der Waals surface area (Å²) in [6, 6.07) is 0. The van der Waals surface area contributed by atoms with Crippen molar-refractivity contribution in [2.45, 2.75) is 33.6 Å². The maximum absolute atomic E-state index is 11.7. The molecule has 1 rings (SSSR count). The fourth-order valence-electron chi connectivity index (χ4n) is 1.76. The fourth-order valence-corrected chi connectivity index (χ4v) is 1.76. The van der Waals surface area contributed by atoms with Crippen molar-refractivity contribution in [3.63, 3.8) is 0 Å². The van der Waals surface area contributed by atoms with Crippen LogP contribution in [-0.2, 0) is 4.79 Å². The zero-order valence-corrected chi connectivity index (χ0v) is 8.55. The highest BCUT2D eigenvalue weighted by Gasteiger charge is 2.34. The van der Waals surface area contributed by atoms with Gasteiger partial charge in [0.15, 0.2) is 0 Å². The Morgan fingerprint density at radius 3 is 2.67 bits per heavy atom. The minimum Gasteiger partial charge on any atom is -0.346 e. The lowest BCUT2D eigenvalue weighted by molar-refractivity contribution is -0.135. The molecule has 2 heteroatoms. The molecule has 0 radical (unpaired) electrons. The maximum atomic E-state index is 11.7. The first-order valence-corrected chi connectivity index (χ1v) is 4.70. The molecule has 1 aliphatic heterocycles. The van der Waals surface area contributed by atoms with Gasteiger partial charge in [-0.2, -0.15) is 0 Å². The van der Waals surface area contributed by atoms with Crippen molar-refractivity contribution in [3.8, 4) is 0 Å². The SMILES string of the molecule is C[C@@H]1C(=O)N(C)CCCC1(C)C. The molecule has 12 heavy (non-hydrogen) atoms. The summed E-state index contributed by atoms with van der Waals surface area (Å²) in [6.45, 7) is 7.35. The fraction of sp³-hybridized carbons (Fsp3) is 0.900. The number of nitrogens with zero attached hydrogens (tertiary/aromatic N) is 1. The van der Waals surface area contributed by atoms with Crippen molar-refractivity contribution in [2.24, 2.45) is 11.3 Å². The first-order valence-electron chi connectivity index (χ1n) is 4.70. The number of carbonyl (C=O) groups excluding carboxylic acids is 1. The lowest BCUT2D eigenvalue weighted by Crippen LogP contribution is -2.35. The molecule has 70 valence electrons. The summed E-state index contributed by atoms with van der Waals surface area (Å²) in [7, 11) is 1.90. The van der Waals surface area contributed by atoms with Gasteiger partial charge in [0.25, 0.3) is 0 Å². The van der Waals surface area contributed by atoms with Crippen LogP contribution < -0.4 is 0 Å². The molecule has 0 spiro atoms. The number of hydrogen-bond acceptors (Lipinski definition) is 1. The van der Waals surface area contributed by atoms with Gasteiger partial charge in [0.1, 0.15) is 0 Å². The Morgan fingerprint density at radius 2 is 2.08 bits per heavy atom. The van der Waals surface area contributed by atoms with Gasteiger partial charge in [0.05, 0.1) is 0 Å². The average molecular weight is 169 g/mol. The molecule has 2 nitrogen and oxygen atoms in total. The lowest BCUT2D eigenvalue weighted by Gasteiger charge is -2.29. The summed E-state index contributed by atoms with van der Waals surface area (Å²) in [6.07, 6.45) is 2.30. The Kier molecular flexibility index (Phi) is 2.45. The van der Waals surface area contributed by atoms with Crippen LogP contribution in [-0.4, -0.2) is 24.4 Å². The van der Waals surface area contributed by atoms with Gasteiger partial charge in [-0.25, -0.2) is 0 Å². The van der Waals surface area contributed by atoms with Crippen molar-refractivity contribution in [2.75, 3.05) is 13.6 Å². The van der Waals surface area contributed by atoms with Crippen LogP contribution >= 0.6 is 0 Å². The summed E-state index contributed by atoms with van der Waals surface area (Å²) in [5.41, 5.74) is 0.182. The molecular weight excluding hydrogens is 150 g/mol. The van der Waals surface area contributed by atoms with Gasteiger partial charge in [-0.15, -0.1) is 0 Å². The molecule has 0 aromatic rings. The Morgan fingerprint density at radius 1 is 1.50 bits per heavy atom. The van der Waals surface area contributed by atoms with E-state index < -0.39 is 0 Å². The molecule has 1 heterocycles. The Hall–Kier alpha value is -0.530. The third-order valence-corrected chi connectivity index (χ3v) is 3.23. The van der Waals surface area contributed by atoms with E-state index in [1.807, 2.05) is 18.9 Å². The van der Waals surface area contributed by atoms with E-state index >= 15 is 0 Å². The van der Waals surface area contributed by atoms with Crippen LogP contribution in [0.3, 0.4) is 0 Å². The highest BCUT2D eigenvalue weighted by Crippen LogP contribution is 2.35. The second-order valence-electron chi connectivity index (χ2n) is 4.57. The van der Waals surface area contributed by atoms with E-state index in [0.29, 0.717) is 5.91 Å². The second-order valence-corrected chi connectivity index (χ2v) is 4.57. The van der Waals surface area contributed by atoms with Gasteiger partial charge in [-0.3, -0.25) is 4.79 Å². The lowest BCUT2D eigenvalue weighted by atomic mass is 9.77. The third-order valence-electron chi connectivity index (χ3n) is 3.23. The topological polar surface area (TPSA) is 20.3 Å². The van der Waals surface area contributed by atoms with E-state index in [0.717, 1.165) is 19.4 Å². The van der Waals surface area contributed by atoms with Crippen molar-refractivity contribution in [3.05, 3.63) is 0 Å². The zero-order chi connectivity index (χ0) is 9.35. The molecule has 1 atom stereocenters. The van der Waals surface area contributed by atoms with Crippen LogP contribution in [0.1, 0.15) is 33.6 Å². The molecule has 0 unspecified atom stereocenters. The van der Waals surface area contributed by atoms with E-state index in [2.05, 4.69) is 13.8 Å². The van der Waals surface area contributed by atoms with E-state index in [1.54, 1.807) is 0 Å². The average Bonchev–Trinajstić information content (AvgIpc) is 2.06. The Labute approximate surface area is 74.9 Å². The largest absolute Gasteiger partial charge is 0.346 e. The van der Waals surface area contributed by atoms with Crippen LogP contribution in [0.4, 0.5) is 0 Å². The minimum absolute atomic E-state index is 0.171. The van der Waals surface area contributed by atoms with Gasteiger partial charge in [0, 0.05) is 19.5 Å². The van der Waals surface area contributed by atoms with Crippen molar-refractivity contribution in [1.29, 1.82) is 0 Å². The highest BCUT2D eigenvalue weighted by molar-refractivity contribution is 5.79. The number of hydrogen-bond donors (Lipinski definition) is 0. The van der Waals surface area contributed by atoms with Crippen molar-refractivity contribution >= 4 is 5.91 Å². The molecule has 1 amide bonds. The highest BCUT2D eigenvalue weighted by atomic mass is 16.2. The monoisotopic (exact) mass is 169 g/mol. The van der Waals surface area contributed by atoms with Gasteiger partial charge < -0.3 is 4.90 Å². The predicted molar refractivity (Wildman–Crippen MR) is 49.8 cm³/mol. The summed E-state index contributed by atoms with van der Waals surface area (Å²) < 4.78 is 0. The molecule has 0 saturated carbocycles. The van der Waals surface area contributed by atoms with Crippen LogP contribution in [0.25, 0.3) is 0 Å². The molecule has 1 fully saturated rings.